The van der Waals surface area contributed by atoms with Crippen molar-refractivity contribution in [1.29, 1.82) is 0 Å². The van der Waals surface area contributed by atoms with Gasteiger partial charge in [-0.2, -0.15) is 5.10 Å². The molecule has 0 unspecified atom stereocenters. The van der Waals surface area contributed by atoms with Crippen LogP contribution in [0, 0.1) is 17.0 Å². The highest BCUT2D eigenvalue weighted by molar-refractivity contribution is 5.95. The number of benzene rings is 3. The molecule has 0 saturated carbocycles. The molecule has 33 heavy (non-hydrogen) atoms. The van der Waals surface area contributed by atoms with E-state index >= 15 is 0 Å². The summed E-state index contributed by atoms with van der Waals surface area (Å²) in [7, 11) is 0. The van der Waals surface area contributed by atoms with Gasteiger partial charge in [-0.3, -0.25) is 14.9 Å². The summed E-state index contributed by atoms with van der Waals surface area (Å²) in [6.07, 6.45) is 1.27. The molecule has 1 aromatic heterocycles. The number of nitro benzene ring substituents is 1. The van der Waals surface area contributed by atoms with Crippen molar-refractivity contribution in [3.8, 4) is 22.7 Å². The maximum absolute atomic E-state index is 12.4. The molecule has 8 heteroatoms. The number of hydrazone groups is 1. The lowest BCUT2D eigenvalue weighted by Gasteiger charge is -2.12. The fourth-order valence-electron chi connectivity index (χ4n) is 3.47. The second-order valence-electron chi connectivity index (χ2n) is 7.31. The molecule has 0 aliphatic rings. The summed E-state index contributed by atoms with van der Waals surface area (Å²) in [6, 6.07) is 25.1. The number of nitro groups is 1. The number of amides is 1. The fraction of sp³-hybridized carbons (Fsp3) is 0.0400. The van der Waals surface area contributed by atoms with E-state index < -0.39 is 22.3 Å². The number of phenolic OH excluding ortho intramolecular Hbond substituents is 1. The van der Waals surface area contributed by atoms with Gasteiger partial charge in [0.25, 0.3) is 5.91 Å². The van der Waals surface area contributed by atoms with Crippen LogP contribution >= 0.6 is 0 Å². The van der Waals surface area contributed by atoms with Gasteiger partial charge in [-0.1, -0.05) is 30.3 Å². The predicted molar refractivity (Wildman–Crippen MR) is 126 cm³/mol. The van der Waals surface area contributed by atoms with E-state index in [4.69, 9.17) is 0 Å². The molecule has 0 aliphatic carbocycles. The number of nitrogens with zero attached hydrogens (tertiary/aromatic N) is 3. The lowest BCUT2D eigenvalue weighted by Crippen LogP contribution is -2.17. The Morgan fingerprint density at radius 2 is 1.76 bits per heavy atom. The number of hydrogen-bond donors (Lipinski definition) is 2. The number of carbonyl (C=O) groups is 1. The summed E-state index contributed by atoms with van der Waals surface area (Å²) in [6.45, 7) is 2.02. The van der Waals surface area contributed by atoms with Crippen molar-refractivity contribution < 1.29 is 14.8 Å². The number of phenols is 1. The van der Waals surface area contributed by atoms with Crippen molar-refractivity contribution in [3.63, 3.8) is 0 Å². The topological polar surface area (TPSA) is 110 Å². The van der Waals surface area contributed by atoms with Gasteiger partial charge >= 0.3 is 5.69 Å². The van der Waals surface area contributed by atoms with Crippen molar-refractivity contribution in [2.45, 2.75) is 6.92 Å². The standard InChI is InChI=1S/C25H20N4O4/c1-17-7-13-22(19-5-3-2-4-6-19)28(17)21-11-9-20(10-12-21)25(31)27-26-16-18-8-14-24(30)23(15-18)29(32)33/h2-16,30H,1H3,(H,27,31)/b26-16+. The number of aromatic nitrogens is 1. The minimum Gasteiger partial charge on any atom is -0.502 e. The molecule has 4 aromatic rings. The minimum atomic E-state index is -0.692. The number of carbonyl (C=O) groups excluding carboxylic acids is 1. The Hall–Kier alpha value is -4.72. The monoisotopic (exact) mass is 440 g/mol. The third-order valence-electron chi connectivity index (χ3n) is 5.11. The molecule has 164 valence electrons. The summed E-state index contributed by atoms with van der Waals surface area (Å²) >= 11 is 0. The van der Waals surface area contributed by atoms with E-state index in [1.165, 1.54) is 24.4 Å². The largest absolute Gasteiger partial charge is 0.502 e. The van der Waals surface area contributed by atoms with E-state index in [9.17, 15) is 20.0 Å². The molecular weight excluding hydrogens is 420 g/mol. The first-order chi connectivity index (χ1) is 15.9. The van der Waals surface area contributed by atoms with E-state index in [0.29, 0.717) is 11.1 Å². The van der Waals surface area contributed by atoms with Gasteiger partial charge in [-0.25, -0.2) is 5.43 Å². The van der Waals surface area contributed by atoms with Gasteiger partial charge in [0.05, 0.1) is 16.8 Å². The van der Waals surface area contributed by atoms with Crippen molar-refractivity contribution in [3.05, 3.63) is 112 Å². The third-order valence-corrected chi connectivity index (χ3v) is 5.11. The highest BCUT2D eigenvalue weighted by Gasteiger charge is 2.13. The number of rotatable bonds is 6. The highest BCUT2D eigenvalue weighted by atomic mass is 16.6. The zero-order valence-corrected chi connectivity index (χ0v) is 17.7. The summed E-state index contributed by atoms with van der Waals surface area (Å²) in [5.74, 6) is -0.854. The van der Waals surface area contributed by atoms with Crippen LogP contribution in [0.2, 0.25) is 0 Å². The SMILES string of the molecule is Cc1ccc(-c2ccccc2)n1-c1ccc(C(=O)N/N=C/c2ccc(O)c([N+](=O)[O-])c2)cc1. The molecular formula is C25H20N4O4. The number of aryl methyl sites for hydroxylation is 1. The van der Waals surface area contributed by atoms with Gasteiger partial charge in [0, 0.05) is 28.6 Å². The van der Waals surface area contributed by atoms with Crippen LogP contribution in [0.4, 0.5) is 5.69 Å². The van der Waals surface area contributed by atoms with Crippen LogP contribution in [0.5, 0.6) is 5.75 Å². The molecule has 8 nitrogen and oxygen atoms in total. The van der Waals surface area contributed by atoms with Crippen LogP contribution in [0.1, 0.15) is 21.6 Å². The second kappa shape index (κ2) is 9.19. The van der Waals surface area contributed by atoms with Crippen LogP contribution in [-0.2, 0) is 0 Å². The smallest absolute Gasteiger partial charge is 0.311 e. The molecule has 0 aliphatic heterocycles. The first-order valence-electron chi connectivity index (χ1n) is 10.1. The second-order valence-corrected chi connectivity index (χ2v) is 7.31. The van der Waals surface area contributed by atoms with Gasteiger partial charge in [0.1, 0.15) is 0 Å². The molecule has 0 bridgehead atoms. The van der Waals surface area contributed by atoms with Crippen LogP contribution < -0.4 is 5.43 Å². The Labute approximate surface area is 189 Å². The minimum absolute atomic E-state index is 0.367. The summed E-state index contributed by atoms with van der Waals surface area (Å²) < 4.78 is 2.12. The molecule has 1 amide bonds. The Kier molecular flexibility index (Phi) is 5.99. The van der Waals surface area contributed by atoms with Gasteiger partial charge in [-0.05, 0) is 61.0 Å². The summed E-state index contributed by atoms with van der Waals surface area (Å²) in [4.78, 5) is 22.7. The molecule has 2 N–H and O–H groups in total. The highest BCUT2D eigenvalue weighted by Crippen LogP contribution is 2.27. The van der Waals surface area contributed by atoms with E-state index in [2.05, 4.69) is 21.2 Å². The Morgan fingerprint density at radius 3 is 2.45 bits per heavy atom. The van der Waals surface area contributed by atoms with Crippen molar-refractivity contribution in [1.82, 2.24) is 9.99 Å². The van der Waals surface area contributed by atoms with Crippen LogP contribution in [0.25, 0.3) is 16.9 Å². The van der Waals surface area contributed by atoms with Gasteiger partial charge in [-0.15, -0.1) is 0 Å². The summed E-state index contributed by atoms with van der Waals surface area (Å²) in [5, 5.41) is 24.3. The van der Waals surface area contributed by atoms with Gasteiger partial charge in [0.2, 0.25) is 0 Å². The molecule has 0 saturated heterocycles. The molecule has 3 aromatic carbocycles. The van der Waals surface area contributed by atoms with E-state index in [1.807, 2.05) is 55.5 Å². The van der Waals surface area contributed by atoms with E-state index in [-0.39, 0.29) is 0 Å². The van der Waals surface area contributed by atoms with E-state index in [0.717, 1.165) is 22.6 Å². The number of nitrogens with one attached hydrogen (secondary N) is 1. The Morgan fingerprint density at radius 1 is 1.03 bits per heavy atom. The number of aromatic hydroxyl groups is 1. The van der Waals surface area contributed by atoms with Crippen LogP contribution in [0.15, 0.2) is 90.0 Å². The normalized spacial score (nSPS) is 10.9. The molecule has 1 heterocycles. The van der Waals surface area contributed by atoms with Crippen molar-refractivity contribution >= 4 is 17.8 Å². The average Bonchev–Trinajstić information content (AvgIpc) is 3.22. The van der Waals surface area contributed by atoms with E-state index in [1.54, 1.807) is 12.1 Å². The molecule has 0 spiro atoms. The number of hydrogen-bond acceptors (Lipinski definition) is 5. The fourth-order valence-corrected chi connectivity index (χ4v) is 3.47. The zero-order chi connectivity index (χ0) is 23.4. The molecule has 0 fully saturated rings. The quantitative estimate of drug-likeness (QED) is 0.254. The Bertz CT molecular complexity index is 1340. The zero-order valence-electron chi connectivity index (χ0n) is 17.7. The van der Waals surface area contributed by atoms with Crippen molar-refractivity contribution in [2.24, 2.45) is 5.10 Å². The van der Waals surface area contributed by atoms with Crippen molar-refractivity contribution in [2.75, 3.05) is 0 Å². The lowest BCUT2D eigenvalue weighted by atomic mass is 10.1. The molecule has 0 atom stereocenters. The van der Waals surface area contributed by atoms with Gasteiger partial charge < -0.3 is 9.67 Å². The lowest BCUT2D eigenvalue weighted by molar-refractivity contribution is -0.385. The van der Waals surface area contributed by atoms with Crippen LogP contribution in [0.3, 0.4) is 0 Å². The molecule has 0 radical (unpaired) electrons. The third kappa shape index (κ3) is 4.64. The molecule has 4 rings (SSSR count). The first-order valence-corrected chi connectivity index (χ1v) is 10.1. The maximum atomic E-state index is 12.4. The Balaban J connectivity index is 1.49. The first kappa shape index (κ1) is 21.5. The average molecular weight is 440 g/mol. The summed E-state index contributed by atoms with van der Waals surface area (Å²) in [5.41, 5.74) is 6.89. The van der Waals surface area contributed by atoms with Crippen LogP contribution in [-0.4, -0.2) is 26.7 Å². The predicted octanol–water partition coefficient (Wildman–Crippen LogP) is 4.83. The van der Waals surface area contributed by atoms with Gasteiger partial charge in [0.15, 0.2) is 5.75 Å². The maximum Gasteiger partial charge on any atom is 0.311 e.